The van der Waals surface area contributed by atoms with Gasteiger partial charge in [-0.1, -0.05) is 19.1 Å². The molecule has 1 unspecified atom stereocenters. The van der Waals surface area contributed by atoms with Crippen molar-refractivity contribution in [3.63, 3.8) is 0 Å². The molecule has 1 nitrogen and oxygen atoms in total. The van der Waals surface area contributed by atoms with Crippen molar-refractivity contribution in [2.24, 2.45) is 5.73 Å². The molecule has 4 heteroatoms. The Balaban J connectivity index is 2.64. The molecule has 1 rings (SSSR count). The van der Waals surface area contributed by atoms with E-state index in [0.29, 0.717) is 10.9 Å². The maximum atomic E-state index is 5.46. The Morgan fingerprint density at radius 3 is 2.83 bits per heavy atom. The number of hydrogen-bond acceptors (Lipinski definition) is 2. The molecule has 0 spiro atoms. The Kier molecular flexibility index (Phi) is 3.68. The van der Waals surface area contributed by atoms with Gasteiger partial charge in [0.15, 0.2) is 0 Å². The second-order valence-corrected chi connectivity index (χ2v) is 5.73. The molecular formula is C8H10BrNS2. The van der Waals surface area contributed by atoms with Gasteiger partial charge in [0, 0.05) is 11.3 Å². The first-order valence-corrected chi connectivity index (χ1v) is 5.65. The average molecular weight is 264 g/mol. The average Bonchev–Trinajstić information content (AvgIpc) is 2.34. The van der Waals surface area contributed by atoms with Crippen LogP contribution >= 0.6 is 39.5 Å². The second kappa shape index (κ2) is 4.35. The van der Waals surface area contributed by atoms with Gasteiger partial charge in [-0.25, -0.2) is 0 Å². The van der Waals surface area contributed by atoms with Gasteiger partial charge in [0.05, 0.1) is 8.77 Å². The Labute approximate surface area is 90.1 Å². The number of thiophene rings is 1. The van der Waals surface area contributed by atoms with Crippen molar-refractivity contribution in [1.82, 2.24) is 0 Å². The van der Waals surface area contributed by atoms with Gasteiger partial charge >= 0.3 is 0 Å². The maximum Gasteiger partial charge on any atom is 0.0733 e. The monoisotopic (exact) mass is 263 g/mol. The fraction of sp³-hybridized carbons (Fsp3) is 0.375. The lowest BCUT2D eigenvalue weighted by molar-refractivity contribution is 0.826. The van der Waals surface area contributed by atoms with Gasteiger partial charge in [-0.2, -0.15) is 0 Å². The van der Waals surface area contributed by atoms with Crippen LogP contribution in [0, 0.1) is 0 Å². The number of halogens is 1. The lowest BCUT2D eigenvalue weighted by atomic mass is 10.1. The third-order valence-electron chi connectivity index (χ3n) is 1.59. The number of nitrogens with two attached hydrogens (primary N) is 1. The molecule has 0 bridgehead atoms. The van der Waals surface area contributed by atoms with Gasteiger partial charge in [0.2, 0.25) is 0 Å². The molecule has 1 aromatic rings. The Morgan fingerprint density at radius 1 is 1.75 bits per heavy atom. The lowest BCUT2D eigenvalue weighted by Crippen LogP contribution is -2.10. The number of thiocarbonyl (C=S) groups is 1. The molecule has 2 N–H and O–H groups in total. The van der Waals surface area contributed by atoms with Crippen LogP contribution in [0.1, 0.15) is 24.1 Å². The zero-order chi connectivity index (χ0) is 9.14. The number of rotatable bonds is 3. The van der Waals surface area contributed by atoms with Crippen LogP contribution in [0.2, 0.25) is 0 Å². The summed E-state index contributed by atoms with van der Waals surface area (Å²) in [5.74, 6) is 0.443. The Bertz CT molecular complexity index is 282. The van der Waals surface area contributed by atoms with E-state index in [0.717, 1.165) is 10.2 Å². The molecule has 0 fully saturated rings. The first-order chi connectivity index (χ1) is 5.59. The Morgan fingerprint density at radius 2 is 2.42 bits per heavy atom. The van der Waals surface area contributed by atoms with Crippen molar-refractivity contribution < 1.29 is 0 Å². The molecule has 0 saturated carbocycles. The van der Waals surface area contributed by atoms with E-state index >= 15 is 0 Å². The Hall–Kier alpha value is 0.0700. The minimum absolute atomic E-state index is 0.443. The third-order valence-corrected chi connectivity index (χ3v) is 3.61. The van der Waals surface area contributed by atoms with E-state index in [1.54, 1.807) is 11.3 Å². The highest BCUT2D eigenvalue weighted by atomic mass is 79.9. The molecule has 1 heterocycles. The molecule has 1 aromatic heterocycles. The molecular weight excluding hydrogens is 254 g/mol. The molecule has 1 atom stereocenters. The molecule has 0 amide bonds. The van der Waals surface area contributed by atoms with Crippen LogP contribution in [0.3, 0.4) is 0 Å². The highest BCUT2D eigenvalue weighted by Gasteiger charge is 2.08. The zero-order valence-electron chi connectivity index (χ0n) is 6.71. The van der Waals surface area contributed by atoms with E-state index in [-0.39, 0.29) is 0 Å². The summed E-state index contributed by atoms with van der Waals surface area (Å²) in [4.78, 5) is 1.92. The molecule has 0 saturated heterocycles. The van der Waals surface area contributed by atoms with Crippen molar-refractivity contribution in [3.8, 4) is 0 Å². The predicted octanol–water partition coefficient (Wildman–Crippen LogP) is 3.29. The summed E-state index contributed by atoms with van der Waals surface area (Å²) >= 11 is 10.0. The summed E-state index contributed by atoms with van der Waals surface area (Å²) in [5.41, 5.74) is 5.46. The summed E-state index contributed by atoms with van der Waals surface area (Å²) in [6, 6.07) is 4.16. The highest BCUT2D eigenvalue weighted by molar-refractivity contribution is 9.11. The van der Waals surface area contributed by atoms with E-state index in [9.17, 15) is 0 Å². The molecule has 0 radical (unpaired) electrons. The molecule has 0 aliphatic heterocycles. The topological polar surface area (TPSA) is 26.0 Å². The van der Waals surface area contributed by atoms with Crippen molar-refractivity contribution in [1.29, 1.82) is 0 Å². The summed E-state index contributed by atoms with van der Waals surface area (Å²) in [5, 5.41) is 0. The van der Waals surface area contributed by atoms with E-state index in [1.165, 1.54) is 4.88 Å². The fourth-order valence-electron chi connectivity index (χ4n) is 0.996. The third kappa shape index (κ3) is 2.84. The zero-order valence-corrected chi connectivity index (χ0v) is 9.93. The maximum absolute atomic E-state index is 5.46. The van der Waals surface area contributed by atoms with Gasteiger partial charge in [0.1, 0.15) is 0 Å². The number of hydrogen-bond donors (Lipinski definition) is 1. The summed E-state index contributed by atoms with van der Waals surface area (Å²) in [6.45, 7) is 2.14. The fourth-order valence-corrected chi connectivity index (χ4v) is 2.72. The van der Waals surface area contributed by atoms with Crippen LogP contribution in [-0.4, -0.2) is 4.99 Å². The van der Waals surface area contributed by atoms with Gasteiger partial charge in [0.25, 0.3) is 0 Å². The summed E-state index contributed by atoms with van der Waals surface area (Å²) < 4.78 is 1.16. The van der Waals surface area contributed by atoms with Crippen LogP contribution in [0.5, 0.6) is 0 Å². The van der Waals surface area contributed by atoms with Crippen LogP contribution in [0.4, 0.5) is 0 Å². The minimum Gasteiger partial charge on any atom is -0.393 e. The van der Waals surface area contributed by atoms with Crippen LogP contribution in [0.25, 0.3) is 0 Å². The summed E-state index contributed by atoms with van der Waals surface area (Å²) in [6.07, 6.45) is 0.794. The largest absolute Gasteiger partial charge is 0.393 e. The molecule has 0 aromatic carbocycles. The normalized spacial score (nSPS) is 12.8. The van der Waals surface area contributed by atoms with Crippen molar-refractivity contribution in [3.05, 3.63) is 20.8 Å². The van der Waals surface area contributed by atoms with E-state index in [4.69, 9.17) is 18.0 Å². The molecule has 66 valence electrons. The molecule has 0 aliphatic carbocycles. The first kappa shape index (κ1) is 10.2. The van der Waals surface area contributed by atoms with Crippen molar-refractivity contribution in [2.45, 2.75) is 19.3 Å². The van der Waals surface area contributed by atoms with Crippen molar-refractivity contribution in [2.75, 3.05) is 0 Å². The highest BCUT2D eigenvalue weighted by Crippen LogP contribution is 2.29. The minimum atomic E-state index is 0.443. The quantitative estimate of drug-likeness (QED) is 0.848. The second-order valence-electron chi connectivity index (χ2n) is 2.71. The SMILES string of the molecule is CC(CC(N)=S)c1ccc(Br)s1. The van der Waals surface area contributed by atoms with Crippen LogP contribution in [-0.2, 0) is 0 Å². The van der Waals surface area contributed by atoms with E-state index < -0.39 is 0 Å². The molecule has 0 aliphatic rings. The van der Waals surface area contributed by atoms with Gasteiger partial charge < -0.3 is 5.73 Å². The van der Waals surface area contributed by atoms with Crippen LogP contribution in [0.15, 0.2) is 15.9 Å². The van der Waals surface area contributed by atoms with Gasteiger partial charge in [-0.3, -0.25) is 0 Å². The van der Waals surface area contributed by atoms with Gasteiger partial charge in [-0.15, -0.1) is 11.3 Å². The van der Waals surface area contributed by atoms with Gasteiger partial charge in [-0.05, 0) is 34.0 Å². The lowest BCUT2D eigenvalue weighted by Gasteiger charge is -2.06. The van der Waals surface area contributed by atoms with E-state index in [1.807, 2.05) is 0 Å². The first-order valence-electron chi connectivity index (χ1n) is 3.63. The predicted molar refractivity (Wildman–Crippen MR) is 61.8 cm³/mol. The standard InChI is InChI=1S/C8H10BrNS2/c1-5(4-8(10)11)6-2-3-7(9)12-6/h2-3,5H,4H2,1H3,(H2,10,11). The van der Waals surface area contributed by atoms with Crippen molar-refractivity contribution >= 4 is 44.5 Å². The summed E-state index contributed by atoms with van der Waals surface area (Å²) in [7, 11) is 0. The van der Waals surface area contributed by atoms with Crippen LogP contribution < -0.4 is 5.73 Å². The molecule has 12 heavy (non-hydrogen) atoms. The van der Waals surface area contributed by atoms with E-state index in [2.05, 4.69) is 35.0 Å². The smallest absolute Gasteiger partial charge is 0.0733 e.